The van der Waals surface area contributed by atoms with Gasteiger partial charge < -0.3 is 52.8 Å². The fourth-order valence-corrected chi connectivity index (χ4v) is 8.80. The Morgan fingerprint density at radius 1 is 0.643 bits per heavy atom. The van der Waals surface area contributed by atoms with E-state index in [1.807, 2.05) is 58.0 Å². The lowest BCUT2D eigenvalue weighted by Gasteiger charge is -2.46. The molecule has 0 radical (unpaired) electrons. The molecule has 2 aliphatic carbocycles. The summed E-state index contributed by atoms with van der Waals surface area (Å²) >= 11 is 11.7. The minimum atomic E-state index is -0.627. The van der Waals surface area contributed by atoms with Crippen LogP contribution in [0.2, 0.25) is 10.3 Å². The first-order chi connectivity index (χ1) is 26.1. The van der Waals surface area contributed by atoms with Crippen LogP contribution in [0.25, 0.3) is 21.8 Å². The van der Waals surface area contributed by atoms with Gasteiger partial charge in [-0.3, -0.25) is 0 Å². The zero-order valence-electron chi connectivity index (χ0n) is 31.4. The van der Waals surface area contributed by atoms with Gasteiger partial charge in [-0.1, -0.05) is 30.6 Å². The van der Waals surface area contributed by atoms with Crippen molar-refractivity contribution in [3.8, 4) is 11.5 Å². The third kappa shape index (κ3) is 7.93. The van der Waals surface area contributed by atoms with Crippen LogP contribution in [0.5, 0.6) is 11.5 Å². The van der Waals surface area contributed by atoms with Gasteiger partial charge in [-0.2, -0.15) is 0 Å². The second-order valence-electron chi connectivity index (χ2n) is 15.8. The number of aromatic nitrogens is 2. The number of aromatic hydroxyl groups is 1. The van der Waals surface area contributed by atoms with Crippen molar-refractivity contribution >= 4 is 45.0 Å². The number of phenolic OH excluding ortho intramolecular Hbond substituents is 1. The summed E-state index contributed by atoms with van der Waals surface area (Å²) in [6.45, 7) is 7.62. The zero-order chi connectivity index (χ0) is 38.9. The summed E-state index contributed by atoms with van der Waals surface area (Å²) in [4.78, 5) is 8.39. The van der Waals surface area contributed by atoms with E-state index < -0.39 is 29.1 Å². The lowest BCUT2D eigenvalue weighted by molar-refractivity contribution is -0.277. The lowest BCUT2D eigenvalue weighted by atomic mass is 9.73. The molecule has 2 spiro atoms. The van der Waals surface area contributed by atoms with Crippen LogP contribution < -0.4 is 4.74 Å². The van der Waals surface area contributed by atoms with Crippen molar-refractivity contribution in [2.24, 2.45) is 0 Å². The molecule has 6 atom stereocenters. The highest BCUT2D eigenvalue weighted by atomic mass is 35.5. The number of pyridine rings is 2. The molecule has 0 bridgehead atoms. The molecule has 304 valence electrons. The Morgan fingerprint density at radius 3 is 1.61 bits per heavy atom. The number of aliphatic hydroxyl groups is 1. The minimum absolute atomic E-state index is 0. The molecule has 4 aromatic rings. The molecule has 0 amide bonds. The molecule has 2 aromatic carbocycles. The topological polar surface area (TPSA) is 149 Å². The second-order valence-corrected chi connectivity index (χ2v) is 16.6. The van der Waals surface area contributed by atoms with E-state index in [1.54, 1.807) is 44.6 Å². The van der Waals surface area contributed by atoms with Crippen molar-refractivity contribution in [1.82, 2.24) is 9.97 Å². The highest BCUT2D eigenvalue weighted by Crippen LogP contribution is 2.55. The minimum Gasteiger partial charge on any atom is -0.508 e. The normalized spacial score (nSPS) is 35.4. The summed E-state index contributed by atoms with van der Waals surface area (Å²) in [5, 5.41) is 21.5. The van der Waals surface area contributed by atoms with E-state index in [9.17, 15) is 5.11 Å². The van der Waals surface area contributed by atoms with Crippen molar-refractivity contribution in [3.05, 3.63) is 71.0 Å². The summed E-state index contributed by atoms with van der Waals surface area (Å²) < 4.78 is 52.7. The quantitative estimate of drug-likeness (QED) is 0.198. The van der Waals surface area contributed by atoms with Gasteiger partial charge >= 0.3 is 0 Å². The van der Waals surface area contributed by atoms with Gasteiger partial charge in [0.1, 0.15) is 63.5 Å². The number of fused-ring (bicyclic) bond motifs is 6. The molecule has 56 heavy (non-hydrogen) atoms. The molecular formula is C41H50Cl2N2O11. The number of rotatable bonds is 4. The molecule has 4 saturated heterocycles. The number of aliphatic hydroxyl groups excluding tert-OH is 1. The Bertz CT molecular complexity index is 2000. The van der Waals surface area contributed by atoms with Gasteiger partial charge in [0.05, 0.1) is 17.1 Å². The third-order valence-electron chi connectivity index (χ3n) is 10.9. The second kappa shape index (κ2) is 15.4. The van der Waals surface area contributed by atoms with Crippen LogP contribution in [0.15, 0.2) is 60.7 Å². The van der Waals surface area contributed by atoms with Gasteiger partial charge in [-0.15, -0.1) is 0 Å². The number of halogens is 2. The molecule has 6 aliphatic rings. The molecule has 2 N–H and O–H groups in total. The average Bonchev–Trinajstić information content (AvgIpc) is 3.79. The maximum atomic E-state index is 9.47. The van der Waals surface area contributed by atoms with Gasteiger partial charge in [0.15, 0.2) is 24.2 Å². The van der Waals surface area contributed by atoms with E-state index in [1.165, 1.54) is 0 Å². The van der Waals surface area contributed by atoms with Crippen molar-refractivity contribution in [3.63, 3.8) is 0 Å². The fourth-order valence-electron chi connectivity index (χ4n) is 8.49. The van der Waals surface area contributed by atoms with Crippen LogP contribution >= 0.6 is 23.2 Å². The summed E-state index contributed by atoms with van der Waals surface area (Å²) in [5.74, 6) is -0.238. The molecule has 0 unspecified atom stereocenters. The molecular weight excluding hydrogens is 767 g/mol. The number of methoxy groups -OCH3 is 2. The van der Waals surface area contributed by atoms with Crippen LogP contribution in [0, 0.1) is 0 Å². The monoisotopic (exact) mass is 816 g/mol. The Balaban J connectivity index is 0.000000141. The van der Waals surface area contributed by atoms with Crippen LogP contribution in [0.3, 0.4) is 0 Å². The Labute approximate surface area is 336 Å². The van der Waals surface area contributed by atoms with Crippen LogP contribution in [0.1, 0.15) is 60.8 Å². The maximum absolute atomic E-state index is 9.47. The molecule has 15 heteroatoms. The first-order valence-electron chi connectivity index (χ1n) is 18.4. The van der Waals surface area contributed by atoms with Gasteiger partial charge in [-0.25, -0.2) is 9.97 Å². The fraction of sp³-hybridized carbons (Fsp3) is 0.561. The Kier molecular flexibility index (Phi) is 11.3. The van der Waals surface area contributed by atoms with Gasteiger partial charge in [-0.05, 0) is 76.2 Å². The SMILES string of the molecule is C.CO[C@@H]1OC2(CC(O)C2)[C@H]2OC(C)(C)O[C@@H]12.CO[C@@H]1OC2(CC(Oc3ccc4ccc(Cl)nc4c3)C2)[C@H]2OC(C)(C)O[C@@H]12.Oc1ccc2ccc(Cl)nc2c1. The summed E-state index contributed by atoms with van der Waals surface area (Å²) in [6, 6.07) is 18.2. The largest absolute Gasteiger partial charge is 0.508 e. The molecule has 6 heterocycles. The van der Waals surface area contributed by atoms with Crippen molar-refractivity contribution in [2.75, 3.05) is 14.2 Å². The van der Waals surface area contributed by atoms with E-state index in [-0.39, 0.29) is 56.1 Å². The molecule has 6 fully saturated rings. The lowest BCUT2D eigenvalue weighted by Crippen LogP contribution is -2.57. The predicted molar refractivity (Wildman–Crippen MR) is 208 cm³/mol. The van der Waals surface area contributed by atoms with Gasteiger partial charge in [0.2, 0.25) is 0 Å². The standard InChI is InChI=1S/C20H22ClNO5.C11H18O5.C9H6ClNO.CH4/c1-19(2)25-16-17(26-19)20(27-18(16)23-3)9-13(10-20)24-12-6-4-11-5-7-15(21)22-14(11)8-12;1-10(2)14-7-8(15-10)11(4-6(12)5-11)16-9(7)13-3;10-9-4-2-6-1-3-7(12)5-8(6)11-9;/h4-8,13,16-18H,9-10H2,1-3H3;6-9,12H,4-5H2,1-3H3;1-5,12H;1H4/t13?,16-,17+,18-,20?;6?,7-,8+,9-,11?;;/m11../s1. The Hall–Kier alpha value is -2.92. The first-order valence-corrected chi connectivity index (χ1v) is 19.1. The van der Waals surface area contributed by atoms with E-state index in [0.717, 1.165) is 34.9 Å². The average molecular weight is 818 g/mol. The number of phenols is 1. The van der Waals surface area contributed by atoms with Crippen molar-refractivity contribution in [1.29, 1.82) is 0 Å². The molecule has 4 aliphatic heterocycles. The first kappa shape index (κ1) is 41.2. The zero-order valence-corrected chi connectivity index (χ0v) is 33.0. The number of ether oxygens (including phenoxy) is 9. The summed E-state index contributed by atoms with van der Waals surface area (Å²) in [7, 11) is 3.24. The van der Waals surface area contributed by atoms with Crippen molar-refractivity contribution in [2.45, 2.75) is 133 Å². The molecule has 2 aromatic heterocycles. The highest BCUT2D eigenvalue weighted by molar-refractivity contribution is 6.30. The van der Waals surface area contributed by atoms with Gasteiger partial charge in [0.25, 0.3) is 0 Å². The summed E-state index contributed by atoms with van der Waals surface area (Å²) in [5.41, 5.74) is 0.711. The summed E-state index contributed by atoms with van der Waals surface area (Å²) in [6.07, 6.45) is 0.956. The molecule has 2 saturated carbocycles. The highest BCUT2D eigenvalue weighted by Gasteiger charge is 2.68. The smallest absolute Gasteiger partial charge is 0.186 e. The van der Waals surface area contributed by atoms with E-state index in [0.29, 0.717) is 28.7 Å². The van der Waals surface area contributed by atoms with E-state index in [4.69, 9.17) is 70.9 Å². The number of hydrogen-bond acceptors (Lipinski definition) is 13. The third-order valence-corrected chi connectivity index (χ3v) is 11.3. The number of nitrogens with zero attached hydrogens (tertiary/aromatic N) is 2. The number of benzene rings is 2. The van der Waals surface area contributed by atoms with Crippen LogP contribution in [-0.2, 0) is 37.9 Å². The van der Waals surface area contributed by atoms with E-state index >= 15 is 0 Å². The van der Waals surface area contributed by atoms with Gasteiger partial charge in [0, 0.05) is 62.8 Å². The molecule has 13 nitrogen and oxygen atoms in total. The van der Waals surface area contributed by atoms with Crippen LogP contribution in [-0.4, -0.2) is 106 Å². The maximum Gasteiger partial charge on any atom is 0.186 e. The Morgan fingerprint density at radius 2 is 1.11 bits per heavy atom. The van der Waals surface area contributed by atoms with Crippen LogP contribution in [0.4, 0.5) is 0 Å². The van der Waals surface area contributed by atoms with Crippen molar-refractivity contribution < 1.29 is 52.8 Å². The predicted octanol–water partition coefficient (Wildman–Crippen LogP) is 7.32. The van der Waals surface area contributed by atoms with E-state index in [2.05, 4.69) is 9.97 Å². The molecule has 10 rings (SSSR count). The number of hydrogen-bond donors (Lipinski definition) is 2.